The van der Waals surface area contributed by atoms with Crippen LogP contribution in [-0.2, 0) is 0 Å². The summed E-state index contributed by atoms with van der Waals surface area (Å²) in [5, 5.41) is 19.7. The Morgan fingerprint density at radius 2 is 2.05 bits per heavy atom. The number of nitriles is 1. The normalized spacial score (nSPS) is 9.76. The number of hydrogen-bond donors (Lipinski definition) is 1. The second-order valence-electron chi connectivity index (χ2n) is 4.32. The number of nitrogens with one attached hydrogen (secondary N) is 1. The van der Waals surface area contributed by atoms with E-state index < -0.39 is 0 Å². The zero-order chi connectivity index (χ0) is 15.2. The number of aromatic nitrogens is 2. The molecular formula is C15H15N5O. The molecule has 1 N–H and O–H groups in total. The van der Waals surface area contributed by atoms with Gasteiger partial charge in [0.2, 0.25) is 0 Å². The molecule has 0 aliphatic heterocycles. The van der Waals surface area contributed by atoms with Crippen molar-refractivity contribution in [3.05, 3.63) is 47.7 Å². The molecule has 21 heavy (non-hydrogen) atoms. The maximum Gasteiger partial charge on any atom is 0.271 e. The molecule has 0 radical (unpaired) electrons. The summed E-state index contributed by atoms with van der Waals surface area (Å²) in [6, 6.07) is 12.7. The molecule has 0 spiro atoms. The largest absolute Gasteiger partial charge is 0.351 e. The quantitative estimate of drug-likeness (QED) is 0.925. The number of carbonyl (C=O) groups excluding carboxylic acids is 1. The standard InChI is InChI=1S/C15H15N5O/c1-3-17-15(21)12-8-9-14(19-18-12)20(2)13-7-5-4-6-11(13)10-16/h4-9H,3H2,1-2H3,(H,17,21). The van der Waals surface area contributed by atoms with Gasteiger partial charge in [-0.15, -0.1) is 10.2 Å². The summed E-state index contributed by atoms with van der Waals surface area (Å²) in [4.78, 5) is 13.4. The molecule has 1 amide bonds. The number of anilines is 2. The summed E-state index contributed by atoms with van der Waals surface area (Å²) in [5.74, 6) is 0.308. The van der Waals surface area contributed by atoms with Gasteiger partial charge in [0.1, 0.15) is 6.07 Å². The predicted octanol–water partition coefficient (Wildman–Crippen LogP) is 1.87. The van der Waals surface area contributed by atoms with Crippen LogP contribution in [0.15, 0.2) is 36.4 Å². The Morgan fingerprint density at radius 3 is 2.67 bits per heavy atom. The molecule has 0 saturated heterocycles. The molecule has 6 nitrogen and oxygen atoms in total. The SMILES string of the molecule is CCNC(=O)c1ccc(N(C)c2ccccc2C#N)nn1. The van der Waals surface area contributed by atoms with Crippen molar-refractivity contribution in [1.29, 1.82) is 5.26 Å². The molecule has 2 aromatic rings. The molecule has 0 atom stereocenters. The second kappa shape index (κ2) is 6.48. The first-order valence-corrected chi connectivity index (χ1v) is 6.52. The van der Waals surface area contributed by atoms with E-state index in [1.54, 1.807) is 36.2 Å². The summed E-state index contributed by atoms with van der Waals surface area (Å²) in [6.45, 7) is 2.38. The number of rotatable bonds is 4. The molecule has 0 aliphatic carbocycles. The Morgan fingerprint density at radius 1 is 1.29 bits per heavy atom. The van der Waals surface area contributed by atoms with Crippen LogP contribution in [-0.4, -0.2) is 29.7 Å². The van der Waals surface area contributed by atoms with Crippen molar-refractivity contribution in [2.75, 3.05) is 18.5 Å². The molecule has 1 aromatic heterocycles. The molecule has 0 unspecified atom stereocenters. The number of hydrogen-bond acceptors (Lipinski definition) is 5. The molecule has 0 bridgehead atoms. The topological polar surface area (TPSA) is 81.9 Å². The number of para-hydroxylation sites is 1. The fourth-order valence-electron chi connectivity index (χ4n) is 1.86. The molecule has 2 rings (SSSR count). The van der Waals surface area contributed by atoms with Gasteiger partial charge in [-0.05, 0) is 31.2 Å². The van der Waals surface area contributed by atoms with E-state index in [4.69, 9.17) is 5.26 Å². The van der Waals surface area contributed by atoms with Gasteiger partial charge in [0, 0.05) is 13.6 Å². The summed E-state index contributed by atoms with van der Waals surface area (Å²) < 4.78 is 0. The van der Waals surface area contributed by atoms with Gasteiger partial charge in [-0.2, -0.15) is 5.26 Å². The average molecular weight is 281 g/mol. The Kier molecular flexibility index (Phi) is 4.46. The zero-order valence-electron chi connectivity index (χ0n) is 11.9. The maximum absolute atomic E-state index is 11.6. The minimum absolute atomic E-state index is 0.253. The first-order valence-electron chi connectivity index (χ1n) is 6.52. The Bertz CT molecular complexity index is 675. The van der Waals surface area contributed by atoms with E-state index >= 15 is 0 Å². The van der Waals surface area contributed by atoms with Crippen molar-refractivity contribution in [2.45, 2.75) is 6.92 Å². The van der Waals surface area contributed by atoms with Gasteiger partial charge in [-0.25, -0.2) is 0 Å². The first kappa shape index (κ1) is 14.5. The molecule has 6 heteroatoms. The molecular weight excluding hydrogens is 266 g/mol. The lowest BCUT2D eigenvalue weighted by atomic mass is 10.2. The molecule has 0 saturated carbocycles. The van der Waals surface area contributed by atoms with E-state index in [1.165, 1.54) is 0 Å². The summed E-state index contributed by atoms with van der Waals surface area (Å²) in [7, 11) is 1.80. The van der Waals surface area contributed by atoms with Crippen molar-refractivity contribution in [3.8, 4) is 6.07 Å². The lowest BCUT2D eigenvalue weighted by Gasteiger charge is -2.18. The lowest BCUT2D eigenvalue weighted by molar-refractivity contribution is 0.0950. The smallest absolute Gasteiger partial charge is 0.271 e. The summed E-state index contributed by atoms with van der Waals surface area (Å²) >= 11 is 0. The number of amides is 1. The zero-order valence-corrected chi connectivity index (χ0v) is 11.9. The van der Waals surface area contributed by atoms with Crippen LogP contribution in [0.3, 0.4) is 0 Å². The van der Waals surface area contributed by atoms with Gasteiger partial charge in [0.25, 0.3) is 5.91 Å². The van der Waals surface area contributed by atoms with Crippen molar-refractivity contribution < 1.29 is 4.79 Å². The van der Waals surface area contributed by atoms with Gasteiger partial charge in [-0.1, -0.05) is 12.1 Å². The van der Waals surface area contributed by atoms with E-state index in [0.29, 0.717) is 17.9 Å². The van der Waals surface area contributed by atoms with E-state index in [9.17, 15) is 4.79 Å². The Labute approximate surface area is 123 Å². The highest BCUT2D eigenvalue weighted by Crippen LogP contribution is 2.24. The van der Waals surface area contributed by atoms with Crippen LogP contribution in [0, 0.1) is 11.3 Å². The third kappa shape index (κ3) is 3.15. The van der Waals surface area contributed by atoms with Gasteiger partial charge < -0.3 is 10.2 Å². The number of carbonyl (C=O) groups is 1. The fourth-order valence-corrected chi connectivity index (χ4v) is 1.86. The highest BCUT2D eigenvalue weighted by Gasteiger charge is 2.12. The van der Waals surface area contributed by atoms with Crippen LogP contribution < -0.4 is 10.2 Å². The molecule has 1 aromatic carbocycles. The van der Waals surface area contributed by atoms with Crippen LogP contribution in [0.25, 0.3) is 0 Å². The average Bonchev–Trinajstić information content (AvgIpc) is 2.54. The maximum atomic E-state index is 11.6. The van der Waals surface area contributed by atoms with E-state index in [-0.39, 0.29) is 11.6 Å². The van der Waals surface area contributed by atoms with E-state index in [1.807, 2.05) is 19.1 Å². The monoisotopic (exact) mass is 281 g/mol. The van der Waals surface area contributed by atoms with Gasteiger partial charge >= 0.3 is 0 Å². The lowest BCUT2D eigenvalue weighted by Crippen LogP contribution is -2.24. The first-order chi connectivity index (χ1) is 10.2. The minimum Gasteiger partial charge on any atom is -0.351 e. The molecule has 1 heterocycles. The van der Waals surface area contributed by atoms with Crippen molar-refractivity contribution in [3.63, 3.8) is 0 Å². The van der Waals surface area contributed by atoms with Crippen LogP contribution in [0.4, 0.5) is 11.5 Å². The van der Waals surface area contributed by atoms with Crippen molar-refractivity contribution in [1.82, 2.24) is 15.5 Å². The molecule has 0 aliphatic rings. The highest BCUT2D eigenvalue weighted by atomic mass is 16.1. The van der Waals surface area contributed by atoms with E-state index in [2.05, 4.69) is 21.6 Å². The van der Waals surface area contributed by atoms with Crippen molar-refractivity contribution >= 4 is 17.4 Å². The number of benzene rings is 1. The van der Waals surface area contributed by atoms with Crippen LogP contribution >= 0.6 is 0 Å². The Hall–Kier alpha value is -2.94. The highest BCUT2D eigenvalue weighted by molar-refractivity contribution is 5.92. The van der Waals surface area contributed by atoms with Crippen LogP contribution in [0.5, 0.6) is 0 Å². The van der Waals surface area contributed by atoms with Crippen LogP contribution in [0.1, 0.15) is 23.0 Å². The van der Waals surface area contributed by atoms with Crippen LogP contribution in [0.2, 0.25) is 0 Å². The molecule has 106 valence electrons. The predicted molar refractivity (Wildman–Crippen MR) is 79.3 cm³/mol. The fraction of sp³-hybridized carbons (Fsp3) is 0.200. The third-order valence-corrected chi connectivity index (χ3v) is 2.95. The second-order valence-corrected chi connectivity index (χ2v) is 4.32. The van der Waals surface area contributed by atoms with Gasteiger partial charge in [-0.3, -0.25) is 4.79 Å². The summed E-state index contributed by atoms with van der Waals surface area (Å²) in [5.41, 5.74) is 1.55. The minimum atomic E-state index is -0.253. The van der Waals surface area contributed by atoms with Gasteiger partial charge in [0.15, 0.2) is 11.5 Å². The van der Waals surface area contributed by atoms with E-state index in [0.717, 1.165) is 5.69 Å². The molecule has 0 fully saturated rings. The third-order valence-electron chi connectivity index (χ3n) is 2.95. The van der Waals surface area contributed by atoms with Gasteiger partial charge in [0.05, 0.1) is 11.3 Å². The van der Waals surface area contributed by atoms with Crippen molar-refractivity contribution in [2.24, 2.45) is 0 Å². The Balaban J connectivity index is 2.26. The number of nitrogens with zero attached hydrogens (tertiary/aromatic N) is 4. The summed E-state index contributed by atoms with van der Waals surface area (Å²) in [6.07, 6.45) is 0.